The molecule has 0 spiro atoms. The van der Waals surface area contributed by atoms with Crippen LogP contribution in [0.2, 0.25) is 0 Å². The van der Waals surface area contributed by atoms with E-state index in [1.807, 2.05) is 0 Å². The summed E-state index contributed by atoms with van der Waals surface area (Å²) in [6.45, 7) is 0.194. The lowest BCUT2D eigenvalue weighted by Crippen LogP contribution is -2.60. The first kappa shape index (κ1) is 19.7. The van der Waals surface area contributed by atoms with Crippen LogP contribution >= 0.6 is 0 Å². The molecule has 3 rings (SSSR count). The number of nitrogens with one attached hydrogen (secondary N) is 1. The molecular weight excluding hydrogens is 358 g/mol. The quantitative estimate of drug-likeness (QED) is 0.793. The molecule has 0 unspecified atom stereocenters. The summed E-state index contributed by atoms with van der Waals surface area (Å²) in [7, 11) is 3.05. The van der Waals surface area contributed by atoms with Gasteiger partial charge in [0.2, 0.25) is 0 Å². The normalized spacial score (nSPS) is 19.6. The fourth-order valence-electron chi connectivity index (χ4n) is 3.50. The van der Waals surface area contributed by atoms with Crippen molar-refractivity contribution < 1.29 is 19.3 Å². The molecule has 0 radical (unpaired) electrons. The van der Waals surface area contributed by atoms with Gasteiger partial charge in [-0.3, -0.25) is 0 Å². The van der Waals surface area contributed by atoms with Gasteiger partial charge in [-0.05, 0) is 30.3 Å². The minimum Gasteiger partial charge on any atom is -0.479 e. The number of nitriles is 2. The second-order valence-electron chi connectivity index (χ2n) is 6.62. The van der Waals surface area contributed by atoms with Crippen LogP contribution in [0.1, 0.15) is 22.7 Å². The molecule has 0 aliphatic carbocycles. The molecule has 0 bridgehead atoms. The predicted molar refractivity (Wildman–Crippen MR) is 102 cm³/mol. The molecule has 0 saturated carbocycles. The number of nitrogens with zero attached hydrogens (tertiary/aromatic N) is 2. The molecule has 1 heterocycles. The van der Waals surface area contributed by atoms with Gasteiger partial charge in [-0.1, -0.05) is 12.1 Å². The highest BCUT2D eigenvalue weighted by atomic mass is 16.6. The molecule has 144 valence electrons. The SMILES string of the molecule is COCC1(COC)Oc2ccc(C#N)cc2[C@@H](Nc2ccccc2C#N)[C@@H]1O. The number of hydrogen-bond donors (Lipinski definition) is 2. The summed E-state index contributed by atoms with van der Waals surface area (Å²) < 4.78 is 16.7. The third-order valence-corrected chi connectivity index (χ3v) is 4.78. The maximum atomic E-state index is 11.3. The number of para-hydroxylation sites is 1. The van der Waals surface area contributed by atoms with Crippen molar-refractivity contribution in [2.75, 3.05) is 32.8 Å². The zero-order chi connectivity index (χ0) is 20.1. The van der Waals surface area contributed by atoms with Crippen molar-refractivity contribution in [3.63, 3.8) is 0 Å². The van der Waals surface area contributed by atoms with Gasteiger partial charge in [-0.15, -0.1) is 0 Å². The summed E-state index contributed by atoms with van der Waals surface area (Å²) >= 11 is 0. The molecule has 7 heteroatoms. The largest absolute Gasteiger partial charge is 0.479 e. The van der Waals surface area contributed by atoms with E-state index in [1.54, 1.807) is 42.5 Å². The van der Waals surface area contributed by atoms with Gasteiger partial charge in [0.15, 0.2) is 5.60 Å². The van der Waals surface area contributed by atoms with Gasteiger partial charge in [0.25, 0.3) is 0 Å². The van der Waals surface area contributed by atoms with Gasteiger partial charge in [-0.25, -0.2) is 0 Å². The Morgan fingerprint density at radius 1 is 1.11 bits per heavy atom. The maximum absolute atomic E-state index is 11.3. The molecule has 2 atom stereocenters. The van der Waals surface area contributed by atoms with Crippen molar-refractivity contribution in [2.45, 2.75) is 17.7 Å². The number of methoxy groups -OCH3 is 2. The lowest BCUT2D eigenvalue weighted by atomic mass is 9.84. The third kappa shape index (κ3) is 3.51. The molecule has 1 aliphatic heterocycles. The zero-order valence-electron chi connectivity index (χ0n) is 15.7. The van der Waals surface area contributed by atoms with Crippen molar-refractivity contribution in [3.8, 4) is 17.9 Å². The maximum Gasteiger partial charge on any atom is 0.183 e. The lowest BCUT2D eigenvalue weighted by molar-refractivity contribution is -0.142. The van der Waals surface area contributed by atoms with E-state index in [4.69, 9.17) is 14.2 Å². The van der Waals surface area contributed by atoms with Gasteiger partial charge in [0, 0.05) is 19.8 Å². The Bertz CT molecular complexity index is 926. The van der Waals surface area contributed by atoms with Crippen molar-refractivity contribution >= 4 is 5.69 Å². The molecule has 0 saturated heterocycles. The first-order chi connectivity index (χ1) is 13.6. The van der Waals surface area contributed by atoms with E-state index in [1.165, 1.54) is 14.2 Å². The summed E-state index contributed by atoms with van der Waals surface area (Å²) in [5, 5.41) is 33.2. The summed E-state index contributed by atoms with van der Waals surface area (Å²) in [4.78, 5) is 0. The highest BCUT2D eigenvalue weighted by Gasteiger charge is 2.50. The second kappa shape index (κ2) is 8.28. The Morgan fingerprint density at radius 2 is 1.82 bits per heavy atom. The van der Waals surface area contributed by atoms with Crippen LogP contribution in [0.3, 0.4) is 0 Å². The number of hydrogen-bond acceptors (Lipinski definition) is 7. The van der Waals surface area contributed by atoms with Crippen molar-refractivity contribution in [1.82, 2.24) is 0 Å². The number of aliphatic hydroxyl groups excluding tert-OH is 1. The zero-order valence-corrected chi connectivity index (χ0v) is 15.7. The van der Waals surface area contributed by atoms with Gasteiger partial charge < -0.3 is 24.6 Å². The average molecular weight is 379 g/mol. The summed E-state index contributed by atoms with van der Waals surface area (Å²) in [6, 6.07) is 15.7. The average Bonchev–Trinajstić information content (AvgIpc) is 2.72. The van der Waals surface area contributed by atoms with Crippen LogP contribution < -0.4 is 10.1 Å². The molecular formula is C21H21N3O4. The minimum atomic E-state index is -1.15. The number of rotatable bonds is 6. The first-order valence-electron chi connectivity index (χ1n) is 8.73. The number of benzene rings is 2. The van der Waals surface area contributed by atoms with E-state index in [2.05, 4.69) is 17.5 Å². The van der Waals surface area contributed by atoms with Gasteiger partial charge in [0.1, 0.15) is 17.9 Å². The summed E-state index contributed by atoms with van der Waals surface area (Å²) in [5.41, 5.74) is 0.948. The second-order valence-corrected chi connectivity index (χ2v) is 6.62. The van der Waals surface area contributed by atoms with Crippen LogP contribution in [0.5, 0.6) is 5.75 Å². The Hall–Kier alpha value is -3.10. The Morgan fingerprint density at radius 3 is 2.46 bits per heavy atom. The van der Waals surface area contributed by atoms with Gasteiger partial charge in [-0.2, -0.15) is 10.5 Å². The fraction of sp³-hybridized carbons (Fsp3) is 0.333. The van der Waals surface area contributed by atoms with Crippen LogP contribution in [0, 0.1) is 22.7 Å². The standard InChI is InChI=1S/C21H21N3O4/c1-26-12-21(13-27-2)20(25)19(24-17-6-4-3-5-15(17)11-23)16-9-14(10-22)7-8-18(16)28-21/h3-9,19-20,24-25H,12-13H2,1-2H3/t19-,20+/m1/s1. The van der Waals surface area contributed by atoms with Crippen LogP contribution in [-0.2, 0) is 9.47 Å². The molecule has 7 nitrogen and oxygen atoms in total. The van der Waals surface area contributed by atoms with Crippen molar-refractivity contribution in [3.05, 3.63) is 59.2 Å². The molecule has 2 N–H and O–H groups in total. The van der Waals surface area contributed by atoms with E-state index < -0.39 is 17.7 Å². The Balaban J connectivity index is 2.12. The van der Waals surface area contributed by atoms with E-state index >= 15 is 0 Å². The monoisotopic (exact) mass is 379 g/mol. The van der Waals surface area contributed by atoms with Gasteiger partial charge in [0.05, 0.1) is 42.1 Å². The number of anilines is 1. The Kier molecular flexibility index (Phi) is 5.81. The predicted octanol–water partition coefficient (Wildman–Crippen LogP) is 2.37. The molecule has 28 heavy (non-hydrogen) atoms. The number of ether oxygens (including phenoxy) is 3. The van der Waals surface area contributed by atoms with Crippen molar-refractivity contribution in [2.24, 2.45) is 0 Å². The van der Waals surface area contributed by atoms with Crippen LogP contribution in [0.25, 0.3) is 0 Å². The minimum absolute atomic E-state index is 0.0968. The molecule has 0 fully saturated rings. The third-order valence-electron chi connectivity index (χ3n) is 4.78. The molecule has 2 aromatic rings. The summed E-state index contributed by atoms with van der Waals surface area (Å²) in [6.07, 6.45) is -1.07. The van der Waals surface area contributed by atoms with Crippen molar-refractivity contribution in [1.29, 1.82) is 10.5 Å². The molecule has 1 aliphatic rings. The molecule has 2 aromatic carbocycles. The topological polar surface area (TPSA) is 108 Å². The number of fused-ring (bicyclic) bond motifs is 1. The lowest BCUT2D eigenvalue weighted by Gasteiger charge is -2.45. The smallest absolute Gasteiger partial charge is 0.183 e. The van der Waals surface area contributed by atoms with Crippen LogP contribution in [0.4, 0.5) is 5.69 Å². The fourth-order valence-corrected chi connectivity index (χ4v) is 3.50. The van der Waals surface area contributed by atoms with E-state index in [9.17, 15) is 15.6 Å². The van der Waals surface area contributed by atoms with E-state index in [-0.39, 0.29) is 13.2 Å². The van der Waals surface area contributed by atoms with E-state index in [0.29, 0.717) is 28.1 Å². The molecule has 0 amide bonds. The number of aliphatic hydroxyl groups is 1. The first-order valence-corrected chi connectivity index (χ1v) is 8.73. The summed E-state index contributed by atoms with van der Waals surface area (Å²) in [5.74, 6) is 0.519. The Labute approximate surface area is 163 Å². The van der Waals surface area contributed by atoms with Gasteiger partial charge >= 0.3 is 0 Å². The van der Waals surface area contributed by atoms with E-state index in [0.717, 1.165) is 0 Å². The highest BCUT2D eigenvalue weighted by molar-refractivity contribution is 5.60. The highest BCUT2D eigenvalue weighted by Crippen LogP contribution is 2.42. The van der Waals surface area contributed by atoms with Crippen LogP contribution in [0.15, 0.2) is 42.5 Å². The van der Waals surface area contributed by atoms with Crippen LogP contribution in [-0.4, -0.2) is 44.2 Å². The molecule has 0 aromatic heterocycles.